The van der Waals surface area contributed by atoms with Crippen LogP contribution in [-0.2, 0) is 5.41 Å². The maximum absolute atomic E-state index is 6.63. The maximum atomic E-state index is 6.63. The molecule has 2 aliphatic heterocycles. The fraction of sp³-hybridized carbons (Fsp3) is 0.0500. The quantitative estimate of drug-likeness (QED) is 0.233. The normalized spacial score (nSPS) is 16.8. The van der Waals surface area contributed by atoms with E-state index in [0.717, 1.165) is 45.2 Å². The molecule has 0 radical (unpaired) electrons. The smallest absolute Gasteiger partial charge is 0.159 e. The molecular weight excluding hydrogens is 538 g/mol. The molecular formula is C40H27N3O. The molecule has 1 atom stereocenters. The third-order valence-electron chi connectivity index (χ3n) is 9.01. The van der Waals surface area contributed by atoms with Gasteiger partial charge in [0.25, 0.3) is 0 Å². The number of rotatable bonds is 3. The van der Waals surface area contributed by atoms with Crippen molar-refractivity contribution in [1.29, 1.82) is 0 Å². The van der Waals surface area contributed by atoms with Crippen LogP contribution in [0.5, 0.6) is 11.5 Å². The van der Waals surface area contributed by atoms with Gasteiger partial charge < -0.3 is 10.1 Å². The van der Waals surface area contributed by atoms with Crippen LogP contribution >= 0.6 is 0 Å². The summed E-state index contributed by atoms with van der Waals surface area (Å²) in [6.07, 6.45) is -0.270. The first-order chi connectivity index (χ1) is 21.8. The Hall–Kier alpha value is -5.74. The van der Waals surface area contributed by atoms with Crippen LogP contribution in [0.3, 0.4) is 0 Å². The molecule has 4 heteroatoms. The number of amidine groups is 2. The van der Waals surface area contributed by atoms with Gasteiger partial charge in [0.05, 0.1) is 5.41 Å². The molecule has 1 unspecified atom stereocenters. The highest BCUT2D eigenvalue weighted by Gasteiger charge is 2.51. The van der Waals surface area contributed by atoms with Gasteiger partial charge in [-0.2, -0.15) is 0 Å². The highest BCUT2D eigenvalue weighted by Crippen LogP contribution is 2.62. The second kappa shape index (κ2) is 9.65. The van der Waals surface area contributed by atoms with Crippen molar-refractivity contribution in [1.82, 2.24) is 5.32 Å². The van der Waals surface area contributed by atoms with E-state index in [9.17, 15) is 0 Å². The molecule has 0 bridgehead atoms. The molecule has 6 aromatic rings. The van der Waals surface area contributed by atoms with Crippen LogP contribution in [0.1, 0.15) is 45.1 Å². The SMILES string of the molecule is c1ccc(C2=NC(c3ccccc3)NC(c3ccc4c(c3)C3(c5ccccc5O4)c4ccccc4-c4ccccc43)=N2)cc1. The summed E-state index contributed by atoms with van der Waals surface area (Å²) >= 11 is 0. The molecule has 0 amide bonds. The first-order valence-corrected chi connectivity index (χ1v) is 15.0. The number of nitrogens with one attached hydrogen (secondary N) is 1. The van der Waals surface area contributed by atoms with Gasteiger partial charge in [-0.15, -0.1) is 0 Å². The molecule has 0 saturated heterocycles. The standard InChI is InChI=1S/C40H27N3O/c1-3-13-26(14-4-1)37-41-38(27-15-5-2-6-16-27)43-39(42-37)28-23-24-36-34(25-28)40(33-21-11-12-22-35(33)44-36)31-19-9-7-17-29(31)30-18-8-10-20-32(30)40/h1-25,37H,(H,41,42,43). The molecule has 1 aliphatic carbocycles. The first-order valence-electron chi connectivity index (χ1n) is 15.0. The van der Waals surface area contributed by atoms with Crippen LogP contribution in [0.25, 0.3) is 11.1 Å². The van der Waals surface area contributed by atoms with Gasteiger partial charge in [-0.1, -0.05) is 127 Å². The van der Waals surface area contributed by atoms with Gasteiger partial charge in [0.1, 0.15) is 23.5 Å². The van der Waals surface area contributed by atoms with Crippen LogP contribution < -0.4 is 10.1 Å². The third kappa shape index (κ3) is 3.58. The van der Waals surface area contributed by atoms with Crippen molar-refractivity contribution in [2.45, 2.75) is 11.6 Å². The maximum Gasteiger partial charge on any atom is 0.159 e. The summed E-state index contributed by atoms with van der Waals surface area (Å²) in [6, 6.07) is 53.0. The second-order valence-electron chi connectivity index (χ2n) is 11.4. The Labute approximate surface area is 256 Å². The Balaban J connectivity index is 1.28. The van der Waals surface area contributed by atoms with Gasteiger partial charge in [-0.05, 0) is 52.1 Å². The highest BCUT2D eigenvalue weighted by molar-refractivity contribution is 6.13. The van der Waals surface area contributed by atoms with Crippen LogP contribution in [0, 0.1) is 0 Å². The zero-order chi connectivity index (χ0) is 29.1. The second-order valence-corrected chi connectivity index (χ2v) is 11.4. The van der Waals surface area contributed by atoms with Crippen molar-refractivity contribution in [2.75, 3.05) is 0 Å². The predicted molar refractivity (Wildman–Crippen MR) is 176 cm³/mol. The van der Waals surface area contributed by atoms with E-state index < -0.39 is 5.41 Å². The Bertz CT molecular complexity index is 2090. The van der Waals surface area contributed by atoms with E-state index in [1.807, 2.05) is 42.5 Å². The van der Waals surface area contributed by atoms with E-state index >= 15 is 0 Å². The average molecular weight is 566 g/mol. The molecule has 1 spiro atoms. The minimum absolute atomic E-state index is 0.270. The van der Waals surface area contributed by atoms with Gasteiger partial charge in [0, 0.05) is 22.3 Å². The average Bonchev–Trinajstić information content (AvgIpc) is 3.40. The van der Waals surface area contributed by atoms with Crippen molar-refractivity contribution in [3.05, 3.63) is 191 Å². The first kappa shape index (κ1) is 24.8. The molecule has 44 heavy (non-hydrogen) atoms. The minimum atomic E-state index is -0.530. The Morgan fingerprint density at radius 3 is 1.84 bits per heavy atom. The Kier molecular flexibility index (Phi) is 5.44. The van der Waals surface area contributed by atoms with Crippen LogP contribution in [0.15, 0.2) is 162 Å². The number of benzene rings is 6. The summed E-state index contributed by atoms with van der Waals surface area (Å²) in [5, 5.41) is 3.65. The van der Waals surface area contributed by atoms with Crippen molar-refractivity contribution in [2.24, 2.45) is 9.98 Å². The number of ether oxygens (including phenoxy) is 1. The lowest BCUT2D eigenvalue weighted by Gasteiger charge is -2.39. The Morgan fingerprint density at radius 2 is 1.11 bits per heavy atom. The van der Waals surface area contributed by atoms with Gasteiger partial charge in [-0.25, -0.2) is 9.98 Å². The van der Waals surface area contributed by atoms with E-state index in [0.29, 0.717) is 5.84 Å². The van der Waals surface area contributed by atoms with Gasteiger partial charge in [0.15, 0.2) is 5.84 Å². The number of nitrogens with zero attached hydrogens (tertiary/aromatic N) is 2. The minimum Gasteiger partial charge on any atom is -0.457 e. The number of para-hydroxylation sites is 1. The fourth-order valence-corrected chi connectivity index (χ4v) is 7.12. The molecule has 4 nitrogen and oxygen atoms in total. The number of hydrogen-bond acceptors (Lipinski definition) is 4. The summed E-state index contributed by atoms with van der Waals surface area (Å²) in [5.41, 5.74) is 9.82. The zero-order valence-electron chi connectivity index (χ0n) is 23.8. The fourth-order valence-electron chi connectivity index (χ4n) is 7.12. The molecule has 0 aromatic heterocycles. The van der Waals surface area contributed by atoms with Gasteiger partial charge >= 0.3 is 0 Å². The Morgan fingerprint density at radius 1 is 0.523 bits per heavy atom. The van der Waals surface area contributed by atoms with E-state index in [1.165, 1.54) is 22.3 Å². The lowest BCUT2D eigenvalue weighted by atomic mass is 9.66. The summed E-state index contributed by atoms with van der Waals surface area (Å²) < 4.78 is 6.63. The summed E-state index contributed by atoms with van der Waals surface area (Å²) in [4.78, 5) is 10.1. The summed E-state index contributed by atoms with van der Waals surface area (Å²) in [7, 11) is 0. The molecule has 1 N–H and O–H groups in total. The van der Waals surface area contributed by atoms with Crippen molar-refractivity contribution in [3.63, 3.8) is 0 Å². The number of hydrogen-bond donors (Lipinski definition) is 1. The molecule has 208 valence electrons. The lowest BCUT2D eigenvalue weighted by molar-refractivity contribution is 0.436. The molecule has 0 fully saturated rings. The molecule has 6 aromatic carbocycles. The van der Waals surface area contributed by atoms with E-state index in [1.54, 1.807) is 0 Å². The zero-order valence-corrected chi connectivity index (χ0v) is 23.8. The number of fused-ring (bicyclic) bond motifs is 9. The largest absolute Gasteiger partial charge is 0.457 e. The molecule has 9 rings (SSSR count). The molecule has 2 heterocycles. The molecule has 3 aliphatic rings. The topological polar surface area (TPSA) is 46.0 Å². The van der Waals surface area contributed by atoms with Crippen LogP contribution in [0.2, 0.25) is 0 Å². The van der Waals surface area contributed by atoms with Crippen LogP contribution in [0.4, 0.5) is 0 Å². The van der Waals surface area contributed by atoms with Crippen molar-refractivity contribution >= 4 is 11.7 Å². The predicted octanol–water partition coefficient (Wildman–Crippen LogP) is 8.65. The monoisotopic (exact) mass is 565 g/mol. The number of aliphatic imine (C=N–C) groups is 2. The van der Waals surface area contributed by atoms with Crippen molar-refractivity contribution in [3.8, 4) is 22.6 Å². The van der Waals surface area contributed by atoms with E-state index in [-0.39, 0.29) is 6.17 Å². The lowest BCUT2D eigenvalue weighted by Crippen LogP contribution is -2.35. The summed E-state index contributed by atoms with van der Waals surface area (Å²) in [5.74, 6) is 3.23. The third-order valence-corrected chi connectivity index (χ3v) is 9.01. The van der Waals surface area contributed by atoms with E-state index in [2.05, 4.69) is 115 Å². The van der Waals surface area contributed by atoms with Gasteiger partial charge in [0.2, 0.25) is 0 Å². The van der Waals surface area contributed by atoms with E-state index in [4.69, 9.17) is 14.7 Å². The van der Waals surface area contributed by atoms with Crippen LogP contribution in [-0.4, -0.2) is 11.7 Å². The highest BCUT2D eigenvalue weighted by atomic mass is 16.5. The summed E-state index contributed by atoms with van der Waals surface area (Å²) in [6.45, 7) is 0. The van der Waals surface area contributed by atoms with Crippen molar-refractivity contribution < 1.29 is 4.74 Å². The molecule has 0 saturated carbocycles. The van der Waals surface area contributed by atoms with Gasteiger partial charge in [-0.3, -0.25) is 0 Å².